The van der Waals surface area contributed by atoms with E-state index in [-0.39, 0.29) is 0 Å². The lowest BCUT2D eigenvalue weighted by Crippen LogP contribution is -2.31. The molecule has 0 heterocycles. The van der Waals surface area contributed by atoms with E-state index in [2.05, 4.69) is 12.6 Å². The third-order valence-electron chi connectivity index (χ3n) is 1.72. The second-order valence-electron chi connectivity index (χ2n) is 2.70. The fourth-order valence-corrected chi connectivity index (χ4v) is 1.11. The summed E-state index contributed by atoms with van der Waals surface area (Å²) in [5.74, 6) is -3.59. The summed E-state index contributed by atoms with van der Waals surface area (Å²) < 4.78 is 38.6. The van der Waals surface area contributed by atoms with Gasteiger partial charge in [0.2, 0.25) is 0 Å². The number of alkyl halides is 2. The van der Waals surface area contributed by atoms with Crippen LogP contribution in [0.15, 0.2) is 30.3 Å². The maximum Gasteiger partial charge on any atom is 0.320 e. The van der Waals surface area contributed by atoms with Crippen molar-refractivity contribution in [3.05, 3.63) is 35.9 Å². The quantitative estimate of drug-likeness (QED) is 0.612. The van der Waals surface area contributed by atoms with Crippen molar-refractivity contribution < 1.29 is 18.0 Å². The molecule has 1 unspecified atom stereocenters. The molecule has 0 saturated heterocycles. The Labute approximate surface area is 84.3 Å². The van der Waals surface area contributed by atoms with E-state index >= 15 is 0 Å². The summed E-state index contributed by atoms with van der Waals surface area (Å²) in [6.45, 7) is 0. The maximum absolute atomic E-state index is 13.3. The highest BCUT2D eigenvalue weighted by Crippen LogP contribution is 2.35. The number of hydrogen-bond donors (Lipinski definition) is 1. The molecule has 0 radical (unpaired) electrons. The second-order valence-corrected chi connectivity index (χ2v) is 3.21. The molecule has 0 aliphatic carbocycles. The number of thiol groups is 1. The van der Waals surface area contributed by atoms with Crippen LogP contribution in [-0.2, 0) is 10.7 Å². The maximum atomic E-state index is 13.3. The van der Waals surface area contributed by atoms with Gasteiger partial charge in [-0.25, -0.2) is 0 Å². The standard InChI is InChI=1S/C9H7F3OS/c10-8(13)7(14)9(11,12)6-4-2-1-3-5-6/h1-5,7,14H. The summed E-state index contributed by atoms with van der Waals surface area (Å²) in [4.78, 5) is 10.1. The first-order chi connectivity index (χ1) is 6.46. The van der Waals surface area contributed by atoms with Gasteiger partial charge >= 0.3 is 6.04 Å². The average Bonchev–Trinajstić information content (AvgIpc) is 2.18. The molecule has 1 aromatic rings. The van der Waals surface area contributed by atoms with Crippen molar-refractivity contribution in [3.63, 3.8) is 0 Å². The summed E-state index contributed by atoms with van der Waals surface area (Å²) in [6.07, 6.45) is 0. The largest absolute Gasteiger partial charge is 0.320 e. The number of benzene rings is 1. The van der Waals surface area contributed by atoms with Crippen LogP contribution in [0, 0.1) is 0 Å². The van der Waals surface area contributed by atoms with Crippen LogP contribution in [0.25, 0.3) is 0 Å². The minimum Gasteiger partial charge on any atom is -0.260 e. The van der Waals surface area contributed by atoms with Crippen LogP contribution >= 0.6 is 12.6 Å². The van der Waals surface area contributed by atoms with E-state index in [1.54, 1.807) is 6.07 Å². The highest BCUT2D eigenvalue weighted by atomic mass is 32.1. The van der Waals surface area contributed by atoms with Crippen LogP contribution < -0.4 is 0 Å². The van der Waals surface area contributed by atoms with Crippen molar-refractivity contribution >= 4 is 18.7 Å². The summed E-state index contributed by atoms with van der Waals surface area (Å²) in [7, 11) is 0. The first-order valence-corrected chi connectivity index (χ1v) is 4.28. The third-order valence-corrected chi connectivity index (χ3v) is 2.24. The minimum atomic E-state index is -3.59. The van der Waals surface area contributed by atoms with Crippen LogP contribution in [0.4, 0.5) is 13.2 Å². The number of carbonyl (C=O) groups excluding carboxylic acids is 1. The Morgan fingerprint density at radius 3 is 2.21 bits per heavy atom. The lowest BCUT2D eigenvalue weighted by molar-refractivity contribution is -0.136. The van der Waals surface area contributed by atoms with Gasteiger partial charge in [-0.2, -0.15) is 25.8 Å². The molecular weight excluding hydrogens is 213 g/mol. The SMILES string of the molecule is O=C(F)C(S)C(F)(F)c1ccccc1. The highest BCUT2D eigenvalue weighted by Gasteiger charge is 2.43. The molecule has 0 aromatic heterocycles. The smallest absolute Gasteiger partial charge is 0.260 e. The predicted octanol–water partition coefficient (Wildman–Crippen LogP) is 2.57. The monoisotopic (exact) mass is 220 g/mol. The predicted molar refractivity (Wildman–Crippen MR) is 49.2 cm³/mol. The molecule has 1 nitrogen and oxygen atoms in total. The third kappa shape index (κ3) is 2.09. The topological polar surface area (TPSA) is 17.1 Å². The molecule has 0 aliphatic heterocycles. The number of rotatable bonds is 3. The lowest BCUT2D eigenvalue weighted by Gasteiger charge is -2.19. The zero-order valence-corrected chi connectivity index (χ0v) is 7.85. The van der Waals surface area contributed by atoms with Crippen molar-refractivity contribution in [3.8, 4) is 0 Å². The fraction of sp³-hybridized carbons (Fsp3) is 0.222. The number of halogens is 3. The van der Waals surface area contributed by atoms with E-state index in [4.69, 9.17) is 0 Å². The Bertz CT molecular complexity index is 326. The van der Waals surface area contributed by atoms with Crippen molar-refractivity contribution in [2.75, 3.05) is 0 Å². The van der Waals surface area contributed by atoms with Crippen molar-refractivity contribution in [2.45, 2.75) is 11.2 Å². The normalized spacial score (nSPS) is 13.7. The summed E-state index contributed by atoms with van der Waals surface area (Å²) in [6, 6.07) is 4.41. The Hall–Kier alpha value is -0.970. The highest BCUT2D eigenvalue weighted by molar-refractivity contribution is 7.81. The van der Waals surface area contributed by atoms with E-state index in [0.29, 0.717) is 0 Å². The van der Waals surface area contributed by atoms with Crippen molar-refractivity contribution in [1.82, 2.24) is 0 Å². The van der Waals surface area contributed by atoms with Gasteiger partial charge in [-0.15, -0.1) is 0 Å². The zero-order chi connectivity index (χ0) is 10.8. The van der Waals surface area contributed by atoms with Gasteiger partial charge in [0.15, 0.2) is 5.25 Å². The van der Waals surface area contributed by atoms with Gasteiger partial charge in [0.25, 0.3) is 5.92 Å². The molecule has 0 N–H and O–H groups in total. The van der Waals surface area contributed by atoms with Crippen LogP contribution in [0.1, 0.15) is 5.56 Å². The van der Waals surface area contributed by atoms with Crippen LogP contribution in [-0.4, -0.2) is 11.3 Å². The number of hydrogen-bond acceptors (Lipinski definition) is 2. The summed E-state index contributed by atoms with van der Waals surface area (Å²) >= 11 is 3.24. The van der Waals surface area contributed by atoms with Crippen LogP contribution in [0.5, 0.6) is 0 Å². The van der Waals surface area contributed by atoms with Gasteiger partial charge in [-0.1, -0.05) is 30.3 Å². The van der Waals surface area contributed by atoms with Gasteiger partial charge < -0.3 is 0 Å². The van der Waals surface area contributed by atoms with E-state index in [1.165, 1.54) is 12.1 Å². The van der Waals surface area contributed by atoms with Crippen molar-refractivity contribution in [1.29, 1.82) is 0 Å². The zero-order valence-electron chi connectivity index (χ0n) is 6.95. The van der Waals surface area contributed by atoms with E-state index in [0.717, 1.165) is 12.1 Å². The van der Waals surface area contributed by atoms with Crippen LogP contribution in [0.3, 0.4) is 0 Å². The molecule has 0 saturated carbocycles. The Kier molecular flexibility index (Phi) is 3.21. The molecule has 0 spiro atoms. The molecule has 1 atom stereocenters. The Balaban J connectivity index is 3.02. The summed E-state index contributed by atoms with van der Waals surface area (Å²) in [5, 5.41) is -2.25. The lowest BCUT2D eigenvalue weighted by atomic mass is 10.1. The average molecular weight is 220 g/mol. The van der Waals surface area contributed by atoms with Gasteiger partial charge in [0.05, 0.1) is 0 Å². The van der Waals surface area contributed by atoms with E-state index in [9.17, 15) is 18.0 Å². The van der Waals surface area contributed by atoms with Gasteiger partial charge in [0.1, 0.15) is 0 Å². The number of carbonyl (C=O) groups is 1. The molecule has 0 bridgehead atoms. The molecule has 1 rings (SSSR count). The van der Waals surface area contributed by atoms with Gasteiger partial charge in [0, 0.05) is 5.56 Å². The van der Waals surface area contributed by atoms with Crippen LogP contribution in [0.2, 0.25) is 0 Å². The Morgan fingerprint density at radius 2 is 1.79 bits per heavy atom. The van der Waals surface area contributed by atoms with Gasteiger partial charge in [-0.3, -0.25) is 4.79 Å². The second kappa shape index (κ2) is 4.04. The fourth-order valence-electron chi connectivity index (χ4n) is 0.961. The molecular formula is C9H7F3OS. The molecule has 1 aromatic carbocycles. The van der Waals surface area contributed by atoms with Gasteiger partial charge in [-0.05, 0) is 0 Å². The first kappa shape index (κ1) is 11.1. The molecule has 14 heavy (non-hydrogen) atoms. The molecule has 0 fully saturated rings. The van der Waals surface area contributed by atoms with E-state index in [1.807, 2.05) is 0 Å². The van der Waals surface area contributed by atoms with E-state index < -0.39 is 22.8 Å². The molecule has 0 amide bonds. The first-order valence-electron chi connectivity index (χ1n) is 3.77. The molecule has 5 heteroatoms. The summed E-state index contributed by atoms with van der Waals surface area (Å²) in [5.41, 5.74) is -0.425. The minimum absolute atomic E-state index is 0.425. The molecule has 76 valence electrons. The van der Waals surface area contributed by atoms with Crippen molar-refractivity contribution in [2.24, 2.45) is 0 Å². The Morgan fingerprint density at radius 1 is 1.29 bits per heavy atom. The molecule has 0 aliphatic rings.